The molecular weight excluding hydrogens is 342 g/mol. The Morgan fingerprint density at radius 1 is 1.24 bits per heavy atom. The minimum atomic E-state index is -4.83. The minimum absolute atomic E-state index is 0.0996. The summed E-state index contributed by atoms with van der Waals surface area (Å²) in [5.74, 6) is -2.59. The van der Waals surface area contributed by atoms with Crippen molar-refractivity contribution in [2.24, 2.45) is 0 Å². The van der Waals surface area contributed by atoms with E-state index in [0.29, 0.717) is 12.1 Å². The van der Waals surface area contributed by atoms with Gasteiger partial charge in [-0.05, 0) is 44.9 Å². The molecule has 0 bridgehead atoms. The molecule has 0 saturated carbocycles. The van der Waals surface area contributed by atoms with Crippen LogP contribution >= 0.6 is 0 Å². The van der Waals surface area contributed by atoms with E-state index in [-0.39, 0.29) is 25.1 Å². The van der Waals surface area contributed by atoms with Gasteiger partial charge in [0, 0.05) is 12.5 Å². The average Bonchev–Trinajstić information content (AvgIpc) is 2.45. The van der Waals surface area contributed by atoms with Gasteiger partial charge in [0.25, 0.3) is 0 Å². The first-order chi connectivity index (χ1) is 11.4. The number of amides is 1. The lowest BCUT2D eigenvalue weighted by Gasteiger charge is -2.32. The molecule has 0 spiro atoms. The van der Waals surface area contributed by atoms with E-state index in [4.69, 9.17) is 4.74 Å². The lowest BCUT2D eigenvalue weighted by Crippen LogP contribution is -2.45. The Kier molecular flexibility index (Phi) is 5.11. The van der Waals surface area contributed by atoms with E-state index in [2.05, 4.69) is 0 Å². The van der Waals surface area contributed by atoms with E-state index < -0.39 is 41.0 Å². The summed E-state index contributed by atoms with van der Waals surface area (Å²) in [7, 11) is 0. The maximum Gasteiger partial charge on any atom is 0.419 e. The van der Waals surface area contributed by atoms with E-state index in [1.165, 1.54) is 11.0 Å². The van der Waals surface area contributed by atoms with E-state index in [1.807, 2.05) is 0 Å². The second kappa shape index (κ2) is 6.65. The molecule has 138 valence electrons. The zero-order chi connectivity index (χ0) is 19.0. The number of ketones is 1. The third kappa shape index (κ3) is 4.70. The first kappa shape index (κ1) is 19.2. The first-order valence-corrected chi connectivity index (χ1v) is 7.76. The second-order valence-electron chi connectivity index (χ2n) is 6.95. The molecule has 0 aliphatic carbocycles. The van der Waals surface area contributed by atoms with Crippen LogP contribution in [0.25, 0.3) is 0 Å². The highest BCUT2D eigenvalue weighted by Gasteiger charge is 2.37. The summed E-state index contributed by atoms with van der Waals surface area (Å²) in [5.41, 5.74) is -2.01. The smallest absolute Gasteiger partial charge is 0.419 e. The van der Waals surface area contributed by atoms with Crippen molar-refractivity contribution in [3.8, 4) is 0 Å². The molecule has 1 aromatic rings. The summed E-state index contributed by atoms with van der Waals surface area (Å²) < 4.78 is 57.0. The molecule has 1 saturated heterocycles. The molecule has 4 nitrogen and oxygen atoms in total. The molecule has 0 unspecified atom stereocenters. The summed E-state index contributed by atoms with van der Waals surface area (Å²) in [4.78, 5) is 25.5. The number of alkyl halides is 3. The van der Waals surface area contributed by atoms with Crippen LogP contribution in [0.4, 0.5) is 22.4 Å². The Hall–Kier alpha value is -2.12. The summed E-state index contributed by atoms with van der Waals surface area (Å²) in [5, 5.41) is 0. The number of piperidine rings is 1. The number of carbonyl (C=O) groups is 2. The standard InChI is InChI=1S/C17H19F4NO3/c1-16(2,3)25-15(24)22-7-6-11(14(23)9-22)10-4-5-13(18)12(8-10)17(19,20)21/h4-5,8,11H,6-7,9H2,1-3H3/t11-/m1/s1. The van der Waals surface area contributed by atoms with Gasteiger partial charge in [0.1, 0.15) is 11.4 Å². The van der Waals surface area contributed by atoms with E-state index in [0.717, 1.165) is 0 Å². The molecule has 0 aromatic heterocycles. The summed E-state index contributed by atoms with van der Waals surface area (Å²) in [6, 6.07) is 2.56. The van der Waals surface area contributed by atoms with Crippen molar-refractivity contribution < 1.29 is 31.9 Å². The van der Waals surface area contributed by atoms with Gasteiger partial charge >= 0.3 is 12.3 Å². The number of hydrogen-bond acceptors (Lipinski definition) is 3. The zero-order valence-electron chi connectivity index (χ0n) is 14.1. The molecular formula is C17H19F4NO3. The topological polar surface area (TPSA) is 46.6 Å². The number of benzene rings is 1. The zero-order valence-corrected chi connectivity index (χ0v) is 14.1. The second-order valence-corrected chi connectivity index (χ2v) is 6.95. The van der Waals surface area contributed by atoms with Crippen molar-refractivity contribution in [2.45, 2.75) is 44.9 Å². The fourth-order valence-corrected chi connectivity index (χ4v) is 2.64. The Labute approximate surface area is 142 Å². The molecule has 0 N–H and O–H groups in total. The van der Waals surface area contributed by atoms with Crippen LogP contribution in [0.5, 0.6) is 0 Å². The highest BCUT2D eigenvalue weighted by Crippen LogP contribution is 2.35. The van der Waals surface area contributed by atoms with E-state index >= 15 is 0 Å². The highest BCUT2D eigenvalue weighted by molar-refractivity contribution is 5.91. The average molecular weight is 361 g/mol. The maximum atomic E-state index is 13.4. The van der Waals surface area contributed by atoms with Gasteiger partial charge < -0.3 is 9.64 Å². The summed E-state index contributed by atoms with van der Waals surface area (Å²) in [6.07, 6.45) is -5.32. The van der Waals surface area contributed by atoms with Crippen LogP contribution in [-0.2, 0) is 15.7 Å². The number of nitrogens with zero attached hydrogens (tertiary/aromatic N) is 1. The molecule has 25 heavy (non-hydrogen) atoms. The van der Waals surface area contributed by atoms with Crippen molar-refractivity contribution in [1.29, 1.82) is 0 Å². The first-order valence-electron chi connectivity index (χ1n) is 7.76. The van der Waals surface area contributed by atoms with Crippen molar-refractivity contribution in [3.63, 3.8) is 0 Å². The molecule has 1 aliphatic rings. The van der Waals surface area contributed by atoms with Gasteiger partial charge in [-0.1, -0.05) is 6.07 Å². The number of Topliss-reactive ketones (excluding diaryl/α,β-unsaturated/α-hetero) is 1. The Morgan fingerprint density at radius 2 is 1.88 bits per heavy atom. The fraction of sp³-hybridized carbons (Fsp3) is 0.529. The van der Waals surface area contributed by atoms with Crippen LogP contribution in [0.1, 0.15) is 44.2 Å². The third-order valence-corrected chi connectivity index (χ3v) is 3.77. The van der Waals surface area contributed by atoms with Crippen molar-refractivity contribution >= 4 is 11.9 Å². The minimum Gasteiger partial charge on any atom is -0.444 e. The van der Waals surface area contributed by atoms with Crippen molar-refractivity contribution in [1.82, 2.24) is 4.90 Å². The third-order valence-electron chi connectivity index (χ3n) is 3.77. The van der Waals surface area contributed by atoms with E-state index in [1.54, 1.807) is 20.8 Å². The number of likely N-dealkylation sites (tertiary alicyclic amines) is 1. The molecule has 0 radical (unpaired) electrons. The lowest BCUT2D eigenvalue weighted by atomic mass is 9.87. The summed E-state index contributed by atoms with van der Waals surface area (Å²) in [6.45, 7) is 4.99. The molecule has 1 aromatic carbocycles. The predicted molar refractivity (Wildman–Crippen MR) is 81.6 cm³/mol. The molecule has 1 aliphatic heterocycles. The SMILES string of the molecule is CC(C)(C)OC(=O)N1CC[C@H](c2ccc(F)c(C(F)(F)F)c2)C(=O)C1. The van der Waals surface area contributed by atoms with Crippen LogP contribution in [0.15, 0.2) is 18.2 Å². The van der Waals surface area contributed by atoms with Gasteiger partial charge in [0.05, 0.1) is 12.1 Å². The molecule has 8 heteroatoms. The normalized spacial score (nSPS) is 19.1. The monoisotopic (exact) mass is 361 g/mol. The van der Waals surface area contributed by atoms with E-state index in [9.17, 15) is 27.2 Å². The predicted octanol–water partition coefficient (Wildman–Crippen LogP) is 4.14. The molecule has 2 rings (SSSR count). The summed E-state index contributed by atoms with van der Waals surface area (Å²) >= 11 is 0. The van der Waals surface area contributed by atoms with Crippen LogP contribution < -0.4 is 0 Å². The van der Waals surface area contributed by atoms with Crippen molar-refractivity contribution in [2.75, 3.05) is 13.1 Å². The quantitative estimate of drug-likeness (QED) is 0.707. The Bertz CT molecular complexity index is 679. The van der Waals surface area contributed by atoms with Crippen LogP contribution in [-0.4, -0.2) is 35.5 Å². The maximum absolute atomic E-state index is 13.4. The fourth-order valence-electron chi connectivity index (χ4n) is 2.64. The highest BCUT2D eigenvalue weighted by atomic mass is 19.4. The molecule has 1 heterocycles. The van der Waals surface area contributed by atoms with Gasteiger partial charge in [0.2, 0.25) is 0 Å². The Morgan fingerprint density at radius 3 is 2.40 bits per heavy atom. The van der Waals surface area contributed by atoms with Gasteiger partial charge in [-0.25, -0.2) is 9.18 Å². The molecule has 1 amide bonds. The Balaban J connectivity index is 2.15. The number of ether oxygens (including phenoxy) is 1. The van der Waals surface area contributed by atoms with Gasteiger partial charge in [0.15, 0.2) is 5.78 Å². The number of carbonyl (C=O) groups excluding carboxylic acids is 2. The van der Waals surface area contributed by atoms with Gasteiger partial charge in [-0.15, -0.1) is 0 Å². The number of hydrogen-bond donors (Lipinski definition) is 0. The van der Waals surface area contributed by atoms with Gasteiger partial charge in [-0.2, -0.15) is 13.2 Å². The molecule has 1 fully saturated rings. The van der Waals surface area contributed by atoms with Crippen LogP contribution in [0.3, 0.4) is 0 Å². The number of rotatable bonds is 1. The number of halogens is 4. The largest absolute Gasteiger partial charge is 0.444 e. The van der Waals surface area contributed by atoms with Gasteiger partial charge in [-0.3, -0.25) is 4.79 Å². The molecule has 1 atom stereocenters. The van der Waals surface area contributed by atoms with Crippen molar-refractivity contribution in [3.05, 3.63) is 35.1 Å². The van der Waals surface area contributed by atoms with Crippen LogP contribution in [0.2, 0.25) is 0 Å². The van der Waals surface area contributed by atoms with Crippen LogP contribution in [0, 0.1) is 5.82 Å². The lowest BCUT2D eigenvalue weighted by molar-refractivity contribution is -0.140.